The lowest BCUT2D eigenvalue weighted by Gasteiger charge is -2.39. The normalized spacial score (nSPS) is 17.4. The van der Waals surface area contributed by atoms with Gasteiger partial charge in [0.2, 0.25) is 5.89 Å². The van der Waals surface area contributed by atoms with Crippen LogP contribution in [0.3, 0.4) is 0 Å². The number of oxazole rings is 1. The Morgan fingerprint density at radius 1 is 1.43 bits per heavy atom. The Kier molecular flexibility index (Phi) is 4.42. The van der Waals surface area contributed by atoms with E-state index < -0.39 is 0 Å². The minimum atomic E-state index is -0.214. The summed E-state index contributed by atoms with van der Waals surface area (Å²) >= 11 is 0. The molecule has 0 spiro atoms. The van der Waals surface area contributed by atoms with Gasteiger partial charge in [0.1, 0.15) is 6.26 Å². The van der Waals surface area contributed by atoms with Crippen molar-refractivity contribution in [1.82, 2.24) is 20.0 Å². The molecule has 8 heteroatoms. The van der Waals surface area contributed by atoms with Crippen LogP contribution in [0, 0.1) is 6.92 Å². The fourth-order valence-electron chi connectivity index (χ4n) is 3.02. The van der Waals surface area contributed by atoms with Gasteiger partial charge in [-0.05, 0) is 19.3 Å². The van der Waals surface area contributed by atoms with Gasteiger partial charge in [0.05, 0.1) is 0 Å². The van der Waals surface area contributed by atoms with E-state index >= 15 is 0 Å². The van der Waals surface area contributed by atoms with E-state index in [4.69, 9.17) is 13.7 Å². The maximum Gasteiger partial charge on any atom is 0.275 e. The smallest absolute Gasteiger partial charge is 0.275 e. The zero-order chi connectivity index (χ0) is 16.3. The molecular weight excluding hydrogens is 300 g/mol. The lowest BCUT2D eigenvalue weighted by atomic mass is 9.75. The van der Waals surface area contributed by atoms with E-state index in [9.17, 15) is 4.79 Å². The van der Waals surface area contributed by atoms with Crippen molar-refractivity contribution in [2.45, 2.75) is 31.6 Å². The first-order chi connectivity index (χ1) is 11.1. The Labute approximate surface area is 133 Å². The van der Waals surface area contributed by atoms with Crippen LogP contribution in [0.15, 0.2) is 21.6 Å². The van der Waals surface area contributed by atoms with Crippen LogP contribution in [0.1, 0.15) is 41.5 Å². The number of piperidine rings is 1. The monoisotopic (exact) mass is 320 g/mol. The molecule has 23 heavy (non-hydrogen) atoms. The standard InChI is InChI=1S/C15H20N4O4/c1-11-17-14(18-23-11)15(5-8-21-2)3-6-19(7-4-15)13(20)12-9-22-10-16-12/h9-10H,3-8H2,1-2H3. The number of methoxy groups -OCH3 is 1. The molecule has 1 aliphatic rings. The molecule has 2 aromatic rings. The van der Waals surface area contributed by atoms with E-state index in [1.807, 2.05) is 0 Å². The molecule has 0 atom stereocenters. The minimum Gasteiger partial charge on any atom is -0.451 e. The Morgan fingerprint density at radius 2 is 2.22 bits per heavy atom. The van der Waals surface area contributed by atoms with Gasteiger partial charge >= 0.3 is 0 Å². The van der Waals surface area contributed by atoms with E-state index in [0.717, 1.165) is 19.3 Å². The second-order valence-electron chi connectivity index (χ2n) is 5.83. The molecule has 0 bridgehead atoms. The molecule has 1 amide bonds. The summed E-state index contributed by atoms with van der Waals surface area (Å²) in [6.45, 7) is 3.63. The van der Waals surface area contributed by atoms with Crippen molar-refractivity contribution in [3.63, 3.8) is 0 Å². The third kappa shape index (κ3) is 3.12. The molecule has 0 saturated carbocycles. The van der Waals surface area contributed by atoms with Gasteiger partial charge in [-0.1, -0.05) is 5.16 Å². The molecule has 0 aliphatic carbocycles. The number of carbonyl (C=O) groups excluding carboxylic acids is 1. The second-order valence-corrected chi connectivity index (χ2v) is 5.83. The predicted molar refractivity (Wildman–Crippen MR) is 78.8 cm³/mol. The molecule has 0 N–H and O–H groups in total. The largest absolute Gasteiger partial charge is 0.451 e. The lowest BCUT2D eigenvalue weighted by molar-refractivity contribution is 0.0610. The Balaban J connectivity index is 1.73. The van der Waals surface area contributed by atoms with E-state index in [0.29, 0.717) is 37.1 Å². The number of hydrogen-bond donors (Lipinski definition) is 0. The zero-order valence-electron chi connectivity index (χ0n) is 13.3. The van der Waals surface area contributed by atoms with Crippen LogP contribution >= 0.6 is 0 Å². The SMILES string of the molecule is COCCC1(c2noc(C)n2)CCN(C(=O)c2cocn2)CC1. The van der Waals surface area contributed by atoms with Gasteiger partial charge in [-0.25, -0.2) is 4.98 Å². The molecule has 124 valence electrons. The first-order valence-electron chi connectivity index (χ1n) is 7.62. The molecule has 1 fully saturated rings. The number of aromatic nitrogens is 3. The van der Waals surface area contributed by atoms with Gasteiger partial charge in [-0.2, -0.15) is 4.98 Å². The predicted octanol–water partition coefficient (Wildman–Crippen LogP) is 1.58. The maximum atomic E-state index is 12.4. The first kappa shape index (κ1) is 15.7. The fourth-order valence-corrected chi connectivity index (χ4v) is 3.02. The highest BCUT2D eigenvalue weighted by molar-refractivity contribution is 5.91. The number of amides is 1. The summed E-state index contributed by atoms with van der Waals surface area (Å²) in [7, 11) is 1.68. The fraction of sp³-hybridized carbons (Fsp3) is 0.600. The molecule has 2 aromatic heterocycles. The van der Waals surface area contributed by atoms with Gasteiger partial charge in [-0.3, -0.25) is 4.79 Å². The van der Waals surface area contributed by atoms with Crippen LogP contribution in [0.2, 0.25) is 0 Å². The van der Waals surface area contributed by atoms with Crippen molar-refractivity contribution in [3.05, 3.63) is 30.1 Å². The number of carbonyl (C=O) groups is 1. The average molecular weight is 320 g/mol. The number of ether oxygens (including phenoxy) is 1. The summed E-state index contributed by atoms with van der Waals surface area (Å²) in [5.41, 5.74) is 0.124. The molecule has 0 unspecified atom stereocenters. The van der Waals surface area contributed by atoms with E-state index in [1.165, 1.54) is 12.7 Å². The van der Waals surface area contributed by atoms with Crippen LogP contribution < -0.4 is 0 Å². The number of rotatable bonds is 5. The Bertz CT molecular complexity index is 644. The van der Waals surface area contributed by atoms with Gasteiger partial charge in [-0.15, -0.1) is 0 Å². The average Bonchev–Trinajstić information content (AvgIpc) is 3.24. The molecule has 8 nitrogen and oxygen atoms in total. The molecular formula is C15H20N4O4. The minimum absolute atomic E-state index is 0.108. The van der Waals surface area contributed by atoms with Gasteiger partial charge in [0.15, 0.2) is 17.9 Å². The van der Waals surface area contributed by atoms with Crippen molar-refractivity contribution < 1.29 is 18.5 Å². The summed E-state index contributed by atoms with van der Waals surface area (Å²) in [4.78, 5) is 22.5. The highest BCUT2D eigenvalue weighted by atomic mass is 16.5. The number of hydrogen-bond acceptors (Lipinski definition) is 7. The van der Waals surface area contributed by atoms with Crippen molar-refractivity contribution in [2.24, 2.45) is 0 Å². The highest BCUT2D eigenvalue weighted by Gasteiger charge is 2.41. The quantitative estimate of drug-likeness (QED) is 0.825. The summed E-state index contributed by atoms with van der Waals surface area (Å²) in [6, 6.07) is 0. The van der Waals surface area contributed by atoms with Crippen molar-refractivity contribution in [1.29, 1.82) is 0 Å². The highest BCUT2D eigenvalue weighted by Crippen LogP contribution is 2.37. The molecule has 3 heterocycles. The molecule has 1 aliphatic heterocycles. The maximum absolute atomic E-state index is 12.4. The Hall–Kier alpha value is -2.22. The summed E-state index contributed by atoms with van der Waals surface area (Å²) < 4.78 is 15.3. The van der Waals surface area contributed by atoms with Crippen LogP contribution in [0.25, 0.3) is 0 Å². The van der Waals surface area contributed by atoms with Crippen molar-refractivity contribution >= 4 is 5.91 Å². The van der Waals surface area contributed by atoms with E-state index in [2.05, 4.69) is 15.1 Å². The zero-order valence-corrected chi connectivity index (χ0v) is 13.3. The van der Waals surface area contributed by atoms with Gasteiger partial charge < -0.3 is 18.6 Å². The van der Waals surface area contributed by atoms with E-state index in [1.54, 1.807) is 18.9 Å². The summed E-state index contributed by atoms with van der Waals surface area (Å²) in [6.07, 6.45) is 4.96. The molecule has 0 radical (unpaired) electrons. The van der Waals surface area contributed by atoms with Crippen LogP contribution in [-0.2, 0) is 10.2 Å². The summed E-state index contributed by atoms with van der Waals surface area (Å²) in [5.74, 6) is 1.15. The van der Waals surface area contributed by atoms with Gasteiger partial charge in [0, 0.05) is 39.1 Å². The van der Waals surface area contributed by atoms with Crippen LogP contribution in [0.4, 0.5) is 0 Å². The number of nitrogens with zero attached hydrogens (tertiary/aromatic N) is 4. The van der Waals surface area contributed by atoms with Crippen molar-refractivity contribution in [3.8, 4) is 0 Å². The topological polar surface area (TPSA) is 94.5 Å². The number of likely N-dealkylation sites (tertiary alicyclic amines) is 1. The lowest BCUT2D eigenvalue weighted by Crippen LogP contribution is -2.46. The third-order valence-electron chi connectivity index (χ3n) is 4.45. The van der Waals surface area contributed by atoms with Crippen LogP contribution in [-0.4, -0.2) is 52.7 Å². The third-order valence-corrected chi connectivity index (χ3v) is 4.45. The van der Waals surface area contributed by atoms with Crippen molar-refractivity contribution in [2.75, 3.05) is 26.8 Å². The first-order valence-corrected chi connectivity index (χ1v) is 7.62. The van der Waals surface area contributed by atoms with E-state index in [-0.39, 0.29) is 11.3 Å². The second kappa shape index (κ2) is 6.49. The molecule has 1 saturated heterocycles. The molecule has 3 rings (SSSR count). The molecule has 0 aromatic carbocycles. The van der Waals surface area contributed by atoms with Crippen LogP contribution in [0.5, 0.6) is 0 Å². The number of aryl methyl sites for hydroxylation is 1. The summed E-state index contributed by atoms with van der Waals surface area (Å²) in [5, 5.41) is 4.11. The Morgan fingerprint density at radius 3 is 2.78 bits per heavy atom. The van der Waals surface area contributed by atoms with Gasteiger partial charge in [0.25, 0.3) is 5.91 Å².